The number of aliphatic carboxylic acids is 1. The molecule has 0 aliphatic carbocycles. The first-order chi connectivity index (χ1) is 12.3. The fourth-order valence-corrected chi connectivity index (χ4v) is 2.37. The third kappa shape index (κ3) is 4.79. The highest BCUT2D eigenvalue weighted by Gasteiger charge is 2.14. The number of rotatable bonds is 6. The third-order valence-corrected chi connectivity index (χ3v) is 3.77. The number of carbonyl (C=O) groups excluding carboxylic acids is 1. The Bertz CT molecular complexity index is 832. The highest BCUT2D eigenvalue weighted by molar-refractivity contribution is 5.87. The summed E-state index contributed by atoms with van der Waals surface area (Å²) in [6.45, 7) is 1.60. The number of nitrogens with zero attached hydrogens (tertiary/aromatic N) is 2. The summed E-state index contributed by atoms with van der Waals surface area (Å²) < 4.78 is 5.22. The van der Waals surface area contributed by atoms with Crippen molar-refractivity contribution in [3.05, 3.63) is 69.3 Å². The minimum atomic E-state index is -0.927. The van der Waals surface area contributed by atoms with E-state index in [0.717, 1.165) is 0 Å². The van der Waals surface area contributed by atoms with Crippen molar-refractivity contribution in [3.8, 4) is 0 Å². The van der Waals surface area contributed by atoms with Gasteiger partial charge in [-0.1, -0.05) is 12.1 Å². The van der Waals surface area contributed by atoms with E-state index < -0.39 is 17.0 Å². The van der Waals surface area contributed by atoms with Gasteiger partial charge < -0.3 is 9.84 Å². The molecule has 26 heavy (non-hydrogen) atoms. The van der Waals surface area contributed by atoms with E-state index >= 15 is 0 Å². The van der Waals surface area contributed by atoms with Crippen molar-refractivity contribution in [1.29, 1.82) is 0 Å². The number of aryl methyl sites for hydroxylation is 1. The molecule has 2 rings (SSSR count). The Morgan fingerprint density at radius 2 is 1.77 bits per heavy atom. The van der Waals surface area contributed by atoms with E-state index in [4.69, 9.17) is 9.84 Å². The molecule has 0 bridgehead atoms. The van der Waals surface area contributed by atoms with Gasteiger partial charge in [0.1, 0.15) is 6.61 Å². The van der Waals surface area contributed by atoms with E-state index in [2.05, 4.69) is 0 Å². The number of ether oxygens (including phenoxy) is 1. The second kappa shape index (κ2) is 8.11. The fourth-order valence-electron chi connectivity index (χ4n) is 2.37. The van der Waals surface area contributed by atoms with Gasteiger partial charge in [0.2, 0.25) is 0 Å². The largest absolute Gasteiger partial charge is 0.481 e. The Balaban J connectivity index is 1.97. The van der Waals surface area contributed by atoms with Gasteiger partial charge in [0, 0.05) is 24.4 Å². The average Bonchev–Trinajstić information content (AvgIpc) is 2.59. The predicted molar refractivity (Wildman–Crippen MR) is 94.2 cm³/mol. The normalized spacial score (nSPS) is 10.2. The molecule has 0 aliphatic rings. The summed E-state index contributed by atoms with van der Waals surface area (Å²) in [5.74, 6) is -0.927. The number of hydrogen-bond donors (Lipinski definition) is 1. The van der Waals surface area contributed by atoms with Gasteiger partial charge in [-0.2, -0.15) is 0 Å². The van der Waals surface area contributed by atoms with Crippen LogP contribution >= 0.6 is 0 Å². The maximum absolute atomic E-state index is 12.1. The Morgan fingerprint density at radius 1 is 1.15 bits per heavy atom. The van der Waals surface area contributed by atoms with Crippen molar-refractivity contribution in [2.24, 2.45) is 0 Å². The molecule has 0 radical (unpaired) electrons. The zero-order chi connectivity index (χ0) is 19.3. The topological polar surface area (TPSA) is 110 Å². The second-order valence-corrected chi connectivity index (χ2v) is 5.73. The number of carboxylic acids is 1. The van der Waals surface area contributed by atoms with Crippen LogP contribution in [0.3, 0.4) is 0 Å². The molecule has 1 amide bonds. The molecule has 0 unspecified atom stereocenters. The van der Waals surface area contributed by atoms with Gasteiger partial charge in [-0.3, -0.25) is 19.8 Å². The van der Waals surface area contributed by atoms with Crippen LogP contribution in [-0.2, 0) is 22.6 Å². The smallest absolute Gasteiger partial charge is 0.414 e. The van der Waals surface area contributed by atoms with Crippen molar-refractivity contribution >= 4 is 23.4 Å². The third-order valence-electron chi connectivity index (χ3n) is 3.77. The molecule has 2 aromatic carbocycles. The molecule has 0 heterocycles. The molecular formula is C18H18N2O6. The van der Waals surface area contributed by atoms with Gasteiger partial charge in [-0.05, 0) is 42.3 Å². The monoisotopic (exact) mass is 358 g/mol. The summed E-state index contributed by atoms with van der Waals surface area (Å²) in [5, 5.41) is 19.6. The first kappa shape index (κ1) is 18.9. The molecule has 0 fully saturated rings. The lowest BCUT2D eigenvalue weighted by atomic mass is 10.1. The SMILES string of the molecule is Cc1cc(COC(=O)N(C)c2ccc(CC(=O)O)cc2)ccc1[N+](=O)[O-]. The molecule has 0 spiro atoms. The van der Waals surface area contributed by atoms with Gasteiger partial charge in [-0.15, -0.1) is 0 Å². The van der Waals surface area contributed by atoms with E-state index in [1.807, 2.05) is 0 Å². The number of nitro benzene ring substituents is 1. The molecule has 0 aromatic heterocycles. The lowest BCUT2D eigenvalue weighted by molar-refractivity contribution is -0.385. The zero-order valence-corrected chi connectivity index (χ0v) is 14.3. The van der Waals surface area contributed by atoms with Crippen LogP contribution in [0.5, 0.6) is 0 Å². The van der Waals surface area contributed by atoms with Crippen molar-refractivity contribution in [3.63, 3.8) is 0 Å². The van der Waals surface area contributed by atoms with Crippen LogP contribution in [0.25, 0.3) is 0 Å². The maximum atomic E-state index is 12.1. The summed E-state index contributed by atoms with van der Waals surface area (Å²) in [5.41, 5.74) is 2.34. The summed E-state index contributed by atoms with van der Waals surface area (Å²) in [4.78, 5) is 34.5. The summed E-state index contributed by atoms with van der Waals surface area (Å²) in [6.07, 6.45) is -0.680. The van der Waals surface area contributed by atoms with Gasteiger partial charge in [-0.25, -0.2) is 4.79 Å². The van der Waals surface area contributed by atoms with Crippen LogP contribution in [-0.4, -0.2) is 29.1 Å². The van der Waals surface area contributed by atoms with Gasteiger partial charge in [0.15, 0.2) is 0 Å². The van der Waals surface area contributed by atoms with Crippen LogP contribution < -0.4 is 4.90 Å². The highest BCUT2D eigenvalue weighted by atomic mass is 16.6. The number of benzene rings is 2. The van der Waals surface area contributed by atoms with E-state index in [-0.39, 0.29) is 18.7 Å². The van der Waals surface area contributed by atoms with Crippen LogP contribution in [0, 0.1) is 17.0 Å². The fraction of sp³-hybridized carbons (Fsp3) is 0.222. The maximum Gasteiger partial charge on any atom is 0.414 e. The molecule has 1 N–H and O–H groups in total. The molecule has 0 saturated carbocycles. The van der Waals surface area contributed by atoms with E-state index in [0.29, 0.717) is 22.4 Å². The van der Waals surface area contributed by atoms with Gasteiger partial charge >= 0.3 is 12.1 Å². The predicted octanol–water partition coefficient (Wildman–Crippen LogP) is 3.30. The summed E-state index contributed by atoms with van der Waals surface area (Å²) in [6, 6.07) is 11.1. The summed E-state index contributed by atoms with van der Waals surface area (Å²) >= 11 is 0. The number of carbonyl (C=O) groups is 2. The minimum Gasteiger partial charge on any atom is -0.481 e. The Kier molecular flexibility index (Phi) is 5.90. The minimum absolute atomic E-state index is 0.0126. The van der Waals surface area contributed by atoms with Crippen molar-refractivity contribution in [2.45, 2.75) is 20.0 Å². The standard InChI is InChI=1S/C18H18N2O6/c1-12-9-14(5-8-16(12)20(24)25)11-26-18(23)19(2)15-6-3-13(4-7-15)10-17(21)22/h3-9H,10-11H2,1-2H3,(H,21,22). The zero-order valence-electron chi connectivity index (χ0n) is 14.3. The van der Waals surface area contributed by atoms with E-state index in [1.54, 1.807) is 43.3 Å². The van der Waals surface area contributed by atoms with E-state index in [9.17, 15) is 19.7 Å². The molecule has 8 heteroatoms. The van der Waals surface area contributed by atoms with Crippen LogP contribution in [0.4, 0.5) is 16.2 Å². The Morgan fingerprint density at radius 3 is 2.31 bits per heavy atom. The van der Waals surface area contributed by atoms with Crippen molar-refractivity contribution in [1.82, 2.24) is 0 Å². The average molecular weight is 358 g/mol. The van der Waals surface area contributed by atoms with Crippen molar-refractivity contribution < 1.29 is 24.4 Å². The van der Waals surface area contributed by atoms with Gasteiger partial charge in [0.05, 0.1) is 11.3 Å². The number of nitro groups is 1. The highest BCUT2D eigenvalue weighted by Crippen LogP contribution is 2.20. The number of amides is 1. The van der Waals surface area contributed by atoms with Crippen molar-refractivity contribution in [2.75, 3.05) is 11.9 Å². The lowest BCUT2D eigenvalue weighted by Crippen LogP contribution is -2.26. The van der Waals surface area contributed by atoms with Crippen LogP contribution in [0.1, 0.15) is 16.7 Å². The first-order valence-corrected chi connectivity index (χ1v) is 7.73. The van der Waals surface area contributed by atoms with Crippen LogP contribution in [0.2, 0.25) is 0 Å². The molecule has 0 atom stereocenters. The number of carboxylic acid groups (broad SMARTS) is 1. The molecular weight excluding hydrogens is 340 g/mol. The summed E-state index contributed by atoms with van der Waals surface area (Å²) in [7, 11) is 1.54. The number of hydrogen-bond acceptors (Lipinski definition) is 5. The Labute approximate surface area is 149 Å². The molecule has 0 saturated heterocycles. The number of anilines is 1. The van der Waals surface area contributed by atoms with Crippen LogP contribution in [0.15, 0.2) is 42.5 Å². The molecule has 136 valence electrons. The van der Waals surface area contributed by atoms with Gasteiger partial charge in [0.25, 0.3) is 5.69 Å². The lowest BCUT2D eigenvalue weighted by Gasteiger charge is -2.17. The molecule has 2 aromatic rings. The Hall–Kier alpha value is -3.42. The second-order valence-electron chi connectivity index (χ2n) is 5.73. The molecule has 0 aliphatic heterocycles. The first-order valence-electron chi connectivity index (χ1n) is 7.73. The van der Waals surface area contributed by atoms with E-state index in [1.165, 1.54) is 18.0 Å². The quantitative estimate of drug-likeness (QED) is 0.626. The molecule has 8 nitrogen and oxygen atoms in total.